The summed E-state index contributed by atoms with van der Waals surface area (Å²) in [7, 11) is 1.55. The van der Waals surface area contributed by atoms with E-state index in [-0.39, 0.29) is 11.9 Å². The maximum atomic E-state index is 12.5. The summed E-state index contributed by atoms with van der Waals surface area (Å²) in [5.74, 6) is 0.339. The Morgan fingerprint density at radius 1 is 1.00 bits per heavy atom. The zero-order chi connectivity index (χ0) is 21.3. The Balaban J connectivity index is 1.53. The van der Waals surface area contributed by atoms with E-state index in [4.69, 9.17) is 4.74 Å². The second-order valence-electron chi connectivity index (χ2n) is 7.26. The van der Waals surface area contributed by atoms with E-state index in [1.54, 1.807) is 19.2 Å². The van der Waals surface area contributed by atoms with E-state index in [1.807, 2.05) is 41.3 Å². The molecule has 3 amide bonds. The van der Waals surface area contributed by atoms with Gasteiger partial charge in [0.2, 0.25) is 0 Å². The monoisotopic (exact) mass is 410 g/mol. The molecule has 1 fully saturated rings. The highest BCUT2D eigenvalue weighted by Crippen LogP contribution is 2.22. The van der Waals surface area contributed by atoms with Gasteiger partial charge in [0, 0.05) is 44.1 Å². The zero-order valence-electron chi connectivity index (χ0n) is 17.7. The van der Waals surface area contributed by atoms with E-state index in [2.05, 4.69) is 22.5 Å². The lowest BCUT2D eigenvalue weighted by Crippen LogP contribution is -2.52. The summed E-state index contributed by atoms with van der Waals surface area (Å²) in [6, 6.07) is 15.0. The lowest BCUT2D eigenvalue weighted by molar-refractivity contribution is 0.102. The number of carbonyl (C=O) groups excluding carboxylic acids is 2. The van der Waals surface area contributed by atoms with Gasteiger partial charge in [-0.25, -0.2) is 4.79 Å². The molecule has 160 valence electrons. The molecule has 2 aromatic rings. The number of ether oxygens (including phenoxy) is 1. The zero-order valence-corrected chi connectivity index (χ0v) is 17.7. The van der Waals surface area contributed by atoms with Gasteiger partial charge in [0.1, 0.15) is 5.75 Å². The molecule has 0 aromatic heterocycles. The van der Waals surface area contributed by atoms with Crippen LogP contribution >= 0.6 is 0 Å². The Hall–Kier alpha value is -3.22. The number of carbonyl (C=O) groups is 2. The summed E-state index contributed by atoms with van der Waals surface area (Å²) >= 11 is 0. The fraction of sp³-hybridized carbons (Fsp3) is 0.391. The van der Waals surface area contributed by atoms with Crippen LogP contribution in [-0.4, -0.2) is 56.7 Å². The van der Waals surface area contributed by atoms with Crippen molar-refractivity contribution in [3.8, 4) is 5.75 Å². The van der Waals surface area contributed by atoms with Crippen molar-refractivity contribution >= 4 is 23.3 Å². The molecule has 0 aliphatic carbocycles. The Morgan fingerprint density at radius 3 is 2.37 bits per heavy atom. The fourth-order valence-corrected chi connectivity index (χ4v) is 3.44. The van der Waals surface area contributed by atoms with Crippen molar-refractivity contribution in [2.24, 2.45) is 0 Å². The average molecular weight is 411 g/mol. The van der Waals surface area contributed by atoms with E-state index < -0.39 is 0 Å². The predicted molar refractivity (Wildman–Crippen MR) is 119 cm³/mol. The van der Waals surface area contributed by atoms with Crippen LogP contribution in [-0.2, 0) is 0 Å². The maximum absolute atomic E-state index is 12.5. The number of hydrogen-bond donors (Lipinski definition) is 2. The molecule has 0 unspecified atom stereocenters. The minimum atomic E-state index is -0.206. The average Bonchev–Trinajstić information content (AvgIpc) is 2.79. The number of para-hydroxylation sites is 1. The van der Waals surface area contributed by atoms with Gasteiger partial charge in [-0.05, 0) is 42.8 Å². The second-order valence-corrected chi connectivity index (χ2v) is 7.26. The maximum Gasteiger partial charge on any atom is 0.317 e. The smallest absolute Gasteiger partial charge is 0.317 e. The molecule has 0 atom stereocenters. The third-order valence-corrected chi connectivity index (χ3v) is 5.22. The fourth-order valence-electron chi connectivity index (χ4n) is 3.44. The molecule has 2 aromatic carbocycles. The number of benzene rings is 2. The van der Waals surface area contributed by atoms with Crippen molar-refractivity contribution in [2.75, 3.05) is 50.1 Å². The molecule has 0 spiro atoms. The first-order valence-corrected chi connectivity index (χ1v) is 10.4. The topological polar surface area (TPSA) is 73.9 Å². The Morgan fingerprint density at radius 2 is 1.70 bits per heavy atom. The van der Waals surface area contributed by atoms with Crippen molar-refractivity contribution in [1.29, 1.82) is 0 Å². The van der Waals surface area contributed by atoms with Gasteiger partial charge in [-0.3, -0.25) is 4.79 Å². The molecular formula is C23H30N4O3. The van der Waals surface area contributed by atoms with Gasteiger partial charge in [0.05, 0.1) is 12.7 Å². The first kappa shape index (κ1) is 21.5. The van der Waals surface area contributed by atoms with Gasteiger partial charge in [-0.2, -0.15) is 0 Å². The number of piperazine rings is 1. The van der Waals surface area contributed by atoms with Crippen molar-refractivity contribution in [2.45, 2.75) is 19.8 Å². The number of unbranched alkanes of at least 4 members (excludes halogenated alkanes) is 1. The van der Waals surface area contributed by atoms with Crippen LogP contribution in [0.1, 0.15) is 30.1 Å². The normalized spacial score (nSPS) is 13.7. The number of anilines is 2. The summed E-state index contributed by atoms with van der Waals surface area (Å²) in [6.07, 6.45) is 2.08. The van der Waals surface area contributed by atoms with Gasteiger partial charge in [0.15, 0.2) is 0 Å². The highest BCUT2D eigenvalue weighted by Gasteiger charge is 2.21. The summed E-state index contributed by atoms with van der Waals surface area (Å²) in [5, 5.41) is 5.89. The highest BCUT2D eigenvalue weighted by atomic mass is 16.5. The quantitative estimate of drug-likeness (QED) is 0.685. The number of methoxy groups -OCH3 is 1. The van der Waals surface area contributed by atoms with Gasteiger partial charge in [-0.1, -0.05) is 25.5 Å². The van der Waals surface area contributed by atoms with Crippen LogP contribution in [0.4, 0.5) is 16.2 Å². The van der Waals surface area contributed by atoms with Gasteiger partial charge in [0.25, 0.3) is 5.91 Å². The van der Waals surface area contributed by atoms with Crippen LogP contribution in [0.2, 0.25) is 0 Å². The minimum absolute atomic E-state index is 0.0255. The van der Waals surface area contributed by atoms with Gasteiger partial charge < -0.3 is 25.2 Å². The number of amides is 3. The molecule has 0 bridgehead atoms. The molecule has 7 nitrogen and oxygen atoms in total. The van der Waals surface area contributed by atoms with E-state index in [1.165, 1.54) is 0 Å². The first-order valence-electron chi connectivity index (χ1n) is 10.4. The lowest BCUT2D eigenvalue weighted by Gasteiger charge is -2.36. The highest BCUT2D eigenvalue weighted by molar-refractivity contribution is 6.06. The number of rotatable bonds is 7. The molecule has 1 saturated heterocycles. The third kappa shape index (κ3) is 5.43. The first-order chi connectivity index (χ1) is 14.6. The summed E-state index contributed by atoms with van der Waals surface area (Å²) in [4.78, 5) is 28.8. The largest absolute Gasteiger partial charge is 0.496 e. The number of hydrogen-bond acceptors (Lipinski definition) is 4. The van der Waals surface area contributed by atoms with E-state index >= 15 is 0 Å². The van der Waals surface area contributed by atoms with Gasteiger partial charge >= 0.3 is 6.03 Å². The Kier molecular flexibility index (Phi) is 7.54. The van der Waals surface area contributed by atoms with Crippen LogP contribution < -0.4 is 20.3 Å². The van der Waals surface area contributed by atoms with E-state index in [0.717, 1.165) is 43.9 Å². The number of urea groups is 1. The molecule has 1 aliphatic heterocycles. The standard InChI is InChI=1S/C23H30N4O3/c1-3-4-13-24-23(29)27-16-14-26(15-17-27)19-11-9-18(10-12-19)25-22(28)20-7-5-6-8-21(20)30-2/h5-12H,3-4,13-17H2,1-2H3,(H,24,29)(H,25,28). The van der Waals surface area contributed by atoms with E-state index in [0.29, 0.717) is 24.4 Å². The molecular weight excluding hydrogens is 380 g/mol. The minimum Gasteiger partial charge on any atom is -0.496 e. The predicted octanol–water partition coefficient (Wildman–Crippen LogP) is 3.58. The number of nitrogens with zero attached hydrogens (tertiary/aromatic N) is 2. The summed E-state index contributed by atoms with van der Waals surface area (Å²) in [6.45, 7) is 5.81. The number of nitrogens with one attached hydrogen (secondary N) is 2. The molecule has 7 heteroatoms. The van der Waals surface area contributed by atoms with Crippen LogP contribution in [0, 0.1) is 0 Å². The van der Waals surface area contributed by atoms with Crippen LogP contribution in [0.25, 0.3) is 0 Å². The van der Waals surface area contributed by atoms with Crippen LogP contribution in [0.3, 0.4) is 0 Å². The lowest BCUT2D eigenvalue weighted by atomic mass is 10.1. The van der Waals surface area contributed by atoms with E-state index in [9.17, 15) is 9.59 Å². The SMILES string of the molecule is CCCCNC(=O)N1CCN(c2ccc(NC(=O)c3ccccc3OC)cc2)CC1. The summed E-state index contributed by atoms with van der Waals surface area (Å²) in [5.41, 5.74) is 2.30. The molecule has 30 heavy (non-hydrogen) atoms. The Bertz CT molecular complexity index is 846. The Labute approximate surface area is 178 Å². The molecule has 1 heterocycles. The third-order valence-electron chi connectivity index (χ3n) is 5.22. The molecule has 2 N–H and O–H groups in total. The van der Waals surface area contributed by atoms with Crippen LogP contribution in [0.5, 0.6) is 5.75 Å². The van der Waals surface area contributed by atoms with Crippen LogP contribution in [0.15, 0.2) is 48.5 Å². The van der Waals surface area contributed by atoms with Crippen molar-refractivity contribution in [3.63, 3.8) is 0 Å². The van der Waals surface area contributed by atoms with Gasteiger partial charge in [-0.15, -0.1) is 0 Å². The molecule has 1 aliphatic rings. The van der Waals surface area contributed by atoms with Crippen molar-refractivity contribution < 1.29 is 14.3 Å². The summed E-state index contributed by atoms with van der Waals surface area (Å²) < 4.78 is 5.26. The van der Waals surface area contributed by atoms with Crippen molar-refractivity contribution in [3.05, 3.63) is 54.1 Å². The molecule has 0 radical (unpaired) electrons. The second kappa shape index (κ2) is 10.5. The molecule has 0 saturated carbocycles. The molecule has 3 rings (SSSR count). The van der Waals surface area contributed by atoms with Crippen molar-refractivity contribution in [1.82, 2.24) is 10.2 Å².